The van der Waals surface area contributed by atoms with Crippen LogP contribution in [0.1, 0.15) is 10.4 Å². The van der Waals surface area contributed by atoms with Gasteiger partial charge < -0.3 is 10.0 Å². The number of likely N-dealkylation sites (N-methyl/N-ethyl adjacent to an activating group) is 1. The molecule has 0 amide bonds. The number of hydrogen-bond donors (Lipinski definition) is 2. The maximum Gasteiger partial charge on any atom is 0.335 e. The summed E-state index contributed by atoms with van der Waals surface area (Å²) in [5.74, 6) is -1.04. The fourth-order valence-electron chi connectivity index (χ4n) is 1.92. The number of rotatable bonds is 4. The van der Waals surface area contributed by atoms with Crippen LogP contribution in [0.3, 0.4) is 0 Å². The number of aromatic carboxylic acids is 1. The molecule has 8 heteroatoms. The molecule has 1 aliphatic heterocycles. The first-order valence-electron chi connectivity index (χ1n) is 6.18. The van der Waals surface area contributed by atoms with Crippen molar-refractivity contribution < 1.29 is 18.3 Å². The molecule has 7 nitrogen and oxygen atoms in total. The van der Waals surface area contributed by atoms with E-state index in [9.17, 15) is 13.2 Å². The minimum absolute atomic E-state index is 0.118. The molecule has 0 aromatic heterocycles. The normalized spacial score (nSPS) is 17.9. The lowest BCUT2D eigenvalue weighted by molar-refractivity contribution is 0.0697. The van der Waals surface area contributed by atoms with Crippen molar-refractivity contribution >= 4 is 21.9 Å². The average Bonchev–Trinajstić information content (AvgIpc) is 2.39. The predicted octanol–water partition coefficient (Wildman–Crippen LogP) is 0.289. The van der Waals surface area contributed by atoms with Gasteiger partial charge in [0.1, 0.15) is 0 Å². The maximum atomic E-state index is 12.2. The molecule has 1 fully saturated rings. The van der Waals surface area contributed by atoms with Crippen LogP contribution in [0, 0.1) is 0 Å². The molecule has 2 rings (SSSR count). The van der Waals surface area contributed by atoms with Crippen molar-refractivity contribution in [3.63, 3.8) is 0 Å². The number of benzene rings is 1. The van der Waals surface area contributed by atoms with Crippen LogP contribution in [0.15, 0.2) is 24.3 Å². The zero-order valence-corrected chi connectivity index (χ0v) is 11.9. The highest BCUT2D eigenvalue weighted by Gasteiger charge is 2.25. The molecule has 1 saturated heterocycles. The molecule has 0 aliphatic carbocycles. The monoisotopic (exact) mass is 299 g/mol. The molecule has 1 heterocycles. The molecular weight excluding hydrogens is 282 g/mol. The van der Waals surface area contributed by atoms with E-state index in [2.05, 4.69) is 9.62 Å². The maximum absolute atomic E-state index is 12.2. The van der Waals surface area contributed by atoms with Gasteiger partial charge in [0.2, 0.25) is 0 Å². The Hall–Kier alpha value is -1.64. The number of hydrogen-bond acceptors (Lipinski definition) is 4. The number of anilines is 1. The molecule has 2 N–H and O–H groups in total. The number of carboxylic acids is 1. The molecule has 0 unspecified atom stereocenters. The first-order valence-corrected chi connectivity index (χ1v) is 7.62. The Bertz CT molecular complexity index is 577. The summed E-state index contributed by atoms with van der Waals surface area (Å²) < 4.78 is 28.2. The summed E-state index contributed by atoms with van der Waals surface area (Å²) in [7, 11) is -1.64. The third kappa shape index (κ3) is 3.47. The lowest BCUT2D eigenvalue weighted by Gasteiger charge is -2.31. The molecule has 1 aromatic carbocycles. The van der Waals surface area contributed by atoms with Gasteiger partial charge in [-0.2, -0.15) is 12.7 Å². The van der Waals surface area contributed by atoms with E-state index in [4.69, 9.17) is 5.11 Å². The van der Waals surface area contributed by atoms with Gasteiger partial charge in [-0.1, -0.05) is 0 Å². The second-order valence-electron chi connectivity index (χ2n) is 4.69. The van der Waals surface area contributed by atoms with Crippen LogP contribution in [0.2, 0.25) is 0 Å². The summed E-state index contributed by atoms with van der Waals surface area (Å²) in [5, 5.41) is 8.79. The third-order valence-corrected chi connectivity index (χ3v) is 4.72. The Balaban J connectivity index is 2.06. The minimum atomic E-state index is -3.58. The zero-order chi connectivity index (χ0) is 14.8. The second-order valence-corrected chi connectivity index (χ2v) is 6.36. The quantitative estimate of drug-likeness (QED) is 0.834. The van der Waals surface area contributed by atoms with Crippen LogP contribution < -0.4 is 4.72 Å². The molecule has 0 bridgehead atoms. The molecule has 0 atom stereocenters. The standard InChI is InChI=1S/C12H17N3O4S/c1-14-6-8-15(9-7-14)20(18,19)13-11-4-2-10(3-5-11)12(16)17/h2-5,13H,6-9H2,1H3,(H,16,17). The number of nitrogens with zero attached hydrogens (tertiary/aromatic N) is 2. The van der Waals surface area contributed by atoms with E-state index in [0.29, 0.717) is 31.9 Å². The summed E-state index contributed by atoms with van der Waals surface area (Å²) in [4.78, 5) is 12.8. The van der Waals surface area contributed by atoms with E-state index in [1.54, 1.807) is 0 Å². The molecule has 0 saturated carbocycles. The lowest BCUT2D eigenvalue weighted by Crippen LogP contribution is -2.48. The van der Waals surface area contributed by atoms with E-state index in [1.165, 1.54) is 28.6 Å². The van der Waals surface area contributed by atoms with Gasteiger partial charge in [0.05, 0.1) is 5.56 Å². The number of carboxylic acid groups (broad SMARTS) is 1. The van der Waals surface area contributed by atoms with Gasteiger partial charge in [-0.15, -0.1) is 0 Å². The van der Waals surface area contributed by atoms with E-state index >= 15 is 0 Å². The second kappa shape index (κ2) is 5.78. The molecule has 1 aliphatic rings. The molecular formula is C12H17N3O4S. The van der Waals surface area contributed by atoms with Gasteiger partial charge in [-0.05, 0) is 31.3 Å². The van der Waals surface area contributed by atoms with Crippen LogP contribution in [0.4, 0.5) is 5.69 Å². The van der Waals surface area contributed by atoms with Gasteiger partial charge in [-0.3, -0.25) is 4.72 Å². The zero-order valence-electron chi connectivity index (χ0n) is 11.1. The highest BCUT2D eigenvalue weighted by molar-refractivity contribution is 7.90. The number of nitrogens with one attached hydrogen (secondary N) is 1. The van der Waals surface area contributed by atoms with Crippen molar-refractivity contribution in [1.29, 1.82) is 0 Å². The summed E-state index contributed by atoms with van der Waals surface area (Å²) in [6.07, 6.45) is 0. The Kier molecular flexibility index (Phi) is 4.26. The smallest absolute Gasteiger partial charge is 0.335 e. The van der Waals surface area contributed by atoms with Gasteiger partial charge in [-0.25, -0.2) is 4.79 Å². The van der Waals surface area contributed by atoms with Crippen LogP contribution in [-0.2, 0) is 10.2 Å². The number of piperazine rings is 1. The highest BCUT2D eigenvalue weighted by Crippen LogP contribution is 2.14. The van der Waals surface area contributed by atoms with E-state index in [-0.39, 0.29) is 5.56 Å². The minimum Gasteiger partial charge on any atom is -0.478 e. The van der Waals surface area contributed by atoms with Crippen LogP contribution in [0.5, 0.6) is 0 Å². The van der Waals surface area contributed by atoms with Gasteiger partial charge in [0.15, 0.2) is 0 Å². The Labute approximate surface area is 118 Å². The average molecular weight is 299 g/mol. The Morgan fingerprint density at radius 2 is 1.70 bits per heavy atom. The first-order chi connectivity index (χ1) is 9.38. The van der Waals surface area contributed by atoms with Crippen molar-refractivity contribution in [2.45, 2.75) is 0 Å². The van der Waals surface area contributed by atoms with Gasteiger partial charge in [0.25, 0.3) is 0 Å². The highest BCUT2D eigenvalue weighted by atomic mass is 32.2. The third-order valence-electron chi connectivity index (χ3n) is 3.18. The van der Waals surface area contributed by atoms with Crippen LogP contribution in [0.25, 0.3) is 0 Å². The fraction of sp³-hybridized carbons (Fsp3) is 0.417. The first kappa shape index (κ1) is 14.8. The van der Waals surface area contributed by atoms with Gasteiger partial charge >= 0.3 is 16.2 Å². The summed E-state index contributed by atoms with van der Waals surface area (Å²) in [5.41, 5.74) is 0.474. The lowest BCUT2D eigenvalue weighted by atomic mass is 10.2. The van der Waals surface area contributed by atoms with E-state index < -0.39 is 16.2 Å². The molecule has 1 aromatic rings. The summed E-state index contributed by atoms with van der Waals surface area (Å²) >= 11 is 0. The van der Waals surface area contributed by atoms with Gasteiger partial charge in [0, 0.05) is 31.9 Å². The van der Waals surface area contributed by atoms with Crippen molar-refractivity contribution in [1.82, 2.24) is 9.21 Å². The molecule has 0 spiro atoms. The number of carbonyl (C=O) groups is 1. The van der Waals surface area contributed by atoms with Crippen molar-refractivity contribution in [2.75, 3.05) is 37.9 Å². The summed E-state index contributed by atoms with van der Waals surface area (Å²) in [6, 6.07) is 5.61. The van der Waals surface area contributed by atoms with Crippen LogP contribution >= 0.6 is 0 Å². The Morgan fingerprint density at radius 1 is 1.15 bits per heavy atom. The van der Waals surface area contributed by atoms with Crippen molar-refractivity contribution in [2.24, 2.45) is 0 Å². The largest absolute Gasteiger partial charge is 0.478 e. The topological polar surface area (TPSA) is 90.0 Å². The Morgan fingerprint density at radius 3 is 2.20 bits per heavy atom. The summed E-state index contributed by atoms with van der Waals surface area (Å²) in [6.45, 7) is 2.27. The predicted molar refractivity (Wildman–Crippen MR) is 75.0 cm³/mol. The van der Waals surface area contributed by atoms with E-state index in [0.717, 1.165) is 0 Å². The van der Waals surface area contributed by atoms with Crippen molar-refractivity contribution in [3.8, 4) is 0 Å². The SMILES string of the molecule is CN1CCN(S(=O)(=O)Nc2ccc(C(=O)O)cc2)CC1. The van der Waals surface area contributed by atoms with Crippen molar-refractivity contribution in [3.05, 3.63) is 29.8 Å². The molecule has 20 heavy (non-hydrogen) atoms. The fourth-order valence-corrected chi connectivity index (χ4v) is 3.13. The van der Waals surface area contributed by atoms with E-state index in [1.807, 2.05) is 7.05 Å². The van der Waals surface area contributed by atoms with Crippen LogP contribution in [-0.4, -0.2) is 61.9 Å². The molecule has 110 valence electrons. The molecule has 0 radical (unpaired) electrons.